The van der Waals surface area contributed by atoms with Crippen LogP contribution in [0.5, 0.6) is 0 Å². The molecule has 1 aromatic heterocycles. The zero-order valence-corrected chi connectivity index (χ0v) is 14.5. The van der Waals surface area contributed by atoms with Crippen LogP contribution >= 0.6 is 0 Å². The van der Waals surface area contributed by atoms with Crippen LogP contribution in [0.25, 0.3) is 11.1 Å². The lowest BCUT2D eigenvalue weighted by atomic mass is 10.1. The van der Waals surface area contributed by atoms with Gasteiger partial charge in [-0.1, -0.05) is 12.1 Å². The highest BCUT2D eigenvalue weighted by molar-refractivity contribution is 6.05. The summed E-state index contributed by atoms with van der Waals surface area (Å²) in [5.74, 6) is 0.572. The van der Waals surface area contributed by atoms with Gasteiger partial charge in [0.15, 0.2) is 11.5 Å². The average molecular weight is 349 g/mol. The predicted octanol–water partition coefficient (Wildman–Crippen LogP) is 3.51. The fourth-order valence-corrected chi connectivity index (χ4v) is 3.23. The van der Waals surface area contributed by atoms with Crippen LogP contribution in [0.2, 0.25) is 0 Å². The first-order valence-electron chi connectivity index (χ1n) is 8.64. The molecule has 1 saturated heterocycles. The fraction of sp³-hybridized carbons (Fsp3) is 0.250. The molecule has 4 rings (SSSR count). The molecule has 1 aliphatic heterocycles. The molecule has 132 valence electrons. The molecule has 1 fully saturated rings. The van der Waals surface area contributed by atoms with Crippen LogP contribution in [-0.4, -0.2) is 28.2 Å². The number of carbonyl (C=O) groups excluding carboxylic acids is 2. The summed E-state index contributed by atoms with van der Waals surface area (Å²) in [6.07, 6.45) is 1.52. The number of likely N-dealkylation sites (tertiary alicyclic amines) is 1. The second-order valence-corrected chi connectivity index (χ2v) is 6.49. The van der Waals surface area contributed by atoms with Crippen LogP contribution in [0.3, 0.4) is 0 Å². The molecule has 26 heavy (non-hydrogen) atoms. The number of oxazole rings is 1. The number of nitrogens with one attached hydrogen (secondary N) is 1. The van der Waals surface area contributed by atoms with Crippen molar-refractivity contribution in [2.75, 3.05) is 11.9 Å². The number of amides is 2. The van der Waals surface area contributed by atoms with E-state index in [2.05, 4.69) is 10.3 Å². The predicted molar refractivity (Wildman–Crippen MR) is 97.8 cm³/mol. The van der Waals surface area contributed by atoms with Gasteiger partial charge in [0, 0.05) is 37.7 Å². The first-order valence-corrected chi connectivity index (χ1v) is 8.64. The number of hydrogen-bond donors (Lipinski definition) is 1. The molecule has 1 N–H and O–H groups in total. The summed E-state index contributed by atoms with van der Waals surface area (Å²) in [7, 11) is 0. The topological polar surface area (TPSA) is 75.4 Å². The molecule has 1 aliphatic rings. The number of benzene rings is 2. The number of carbonyl (C=O) groups is 2. The Morgan fingerprint density at radius 2 is 2.15 bits per heavy atom. The third-order valence-electron chi connectivity index (χ3n) is 4.49. The highest BCUT2D eigenvalue weighted by Gasteiger charge is 2.20. The van der Waals surface area contributed by atoms with Crippen molar-refractivity contribution < 1.29 is 14.0 Å². The molecule has 0 atom stereocenters. The summed E-state index contributed by atoms with van der Waals surface area (Å²) in [6, 6.07) is 12.7. The number of aryl methyl sites for hydroxylation is 1. The van der Waals surface area contributed by atoms with Crippen molar-refractivity contribution in [3.63, 3.8) is 0 Å². The van der Waals surface area contributed by atoms with Crippen molar-refractivity contribution in [2.24, 2.45) is 0 Å². The zero-order chi connectivity index (χ0) is 18.1. The van der Waals surface area contributed by atoms with E-state index in [1.54, 1.807) is 31.2 Å². The van der Waals surface area contributed by atoms with E-state index in [4.69, 9.17) is 4.42 Å². The molecule has 2 aromatic carbocycles. The Kier molecular flexibility index (Phi) is 4.16. The Bertz CT molecular complexity index is 993. The molecule has 6 nitrogen and oxygen atoms in total. The Labute approximate surface area is 150 Å². The van der Waals surface area contributed by atoms with Crippen LogP contribution in [0, 0.1) is 6.92 Å². The van der Waals surface area contributed by atoms with E-state index in [1.807, 2.05) is 23.1 Å². The molecule has 0 radical (unpaired) electrons. The summed E-state index contributed by atoms with van der Waals surface area (Å²) < 4.78 is 5.44. The number of fused-ring (bicyclic) bond motifs is 1. The van der Waals surface area contributed by atoms with Crippen LogP contribution in [-0.2, 0) is 11.3 Å². The van der Waals surface area contributed by atoms with E-state index < -0.39 is 0 Å². The number of nitrogens with zero attached hydrogens (tertiary/aromatic N) is 2. The summed E-state index contributed by atoms with van der Waals surface area (Å²) in [5.41, 5.74) is 3.58. The van der Waals surface area contributed by atoms with Crippen LogP contribution < -0.4 is 5.32 Å². The standard InChI is InChI=1S/C20H19N3O3/c1-13-21-17-11-16(7-8-18(17)26-13)22-20(25)15-5-2-4-14(10-15)12-23-9-3-6-19(23)24/h2,4-5,7-8,10-11H,3,6,9,12H2,1H3,(H,22,25). The maximum Gasteiger partial charge on any atom is 0.255 e. The molecule has 0 saturated carbocycles. The van der Waals surface area contributed by atoms with Crippen molar-refractivity contribution in [1.82, 2.24) is 9.88 Å². The quantitative estimate of drug-likeness (QED) is 0.782. The normalized spacial score (nSPS) is 14.2. The lowest BCUT2D eigenvalue weighted by Crippen LogP contribution is -2.24. The van der Waals surface area contributed by atoms with Crippen LogP contribution in [0.15, 0.2) is 46.9 Å². The Hall–Kier alpha value is -3.15. The SMILES string of the molecule is Cc1nc2cc(NC(=O)c3cccc(CN4CCCC4=O)c3)ccc2o1. The van der Waals surface area contributed by atoms with Gasteiger partial charge in [0.25, 0.3) is 5.91 Å². The number of anilines is 1. The average Bonchev–Trinajstić information content (AvgIpc) is 3.19. The van der Waals surface area contributed by atoms with E-state index >= 15 is 0 Å². The molecule has 2 amide bonds. The summed E-state index contributed by atoms with van der Waals surface area (Å²) >= 11 is 0. The summed E-state index contributed by atoms with van der Waals surface area (Å²) in [6.45, 7) is 3.12. The van der Waals surface area contributed by atoms with Crippen LogP contribution in [0.1, 0.15) is 34.7 Å². The van der Waals surface area contributed by atoms with E-state index in [-0.39, 0.29) is 11.8 Å². The number of hydrogen-bond acceptors (Lipinski definition) is 4. The molecule has 0 bridgehead atoms. The van der Waals surface area contributed by atoms with Gasteiger partial charge in [0.2, 0.25) is 5.91 Å². The minimum Gasteiger partial charge on any atom is -0.441 e. The van der Waals surface area contributed by atoms with E-state index in [1.165, 1.54) is 0 Å². The smallest absolute Gasteiger partial charge is 0.255 e. The van der Waals surface area contributed by atoms with Crippen molar-refractivity contribution in [2.45, 2.75) is 26.3 Å². The van der Waals surface area contributed by atoms with Gasteiger partial charge in [0.1, 0.15) is 5.52 Å². The van der Waals surface area contributed by atoms with E-state index in [9.17, 15) is 9.59 Å². The van der Waals surface area contributed by atoms with Gasteiger partial charge < -0.3 is 14.6 Å². The van der Waals surface area contributed by atoms with Crippen molar-refractivity contribution in [3.8, 4) is 0 Å². The Morgan fingerprint density at radius 3 is 2.96 bits per heavy atom. The molecule has 0 unspecified atom stereocenters. The first kappa shape index (κ1) is 16.3. The third kappa shape index (κ3) is 3.31. The molecular weight excluding hydrogens is 330 g/mol. The van der Waals surface area contributed by atoms with Crippen molar-refractivity contribution in [1.29, 1.82) is 0 Å². The van der Waals surface area contributed by atoms with Gasteiger partial charge in [-0.15, -0.1) is 0 Å². The highest BCUT2D eigenvalue weighted by Crippen LogP contribution is 2.21. The van der Waals surface area contributed by atoms with Crippen molar-refractivity contribution >= 4 is 28.6 Å². The maximum atomic E-state index is 12.6. The molecule has 6 heteroatoms. The minimum atomic E-state index is -0.195. The van der Waals surface area contributed by atoms with Crippen LogP contribution in [0.4, 0.5) is 5.69 Å². The van der Waals surface area contributed by atoms with Gasteiger partial charge in [-0.2, -0.15) is 0 Å². The van der Waals surface area contributed by atoms with Crippen molar-refractivity contribution in [3.05, 3.63) is 59.5 Å². The lowest BCUT2D eigenvalue weighted by molar-refractivity contribution is -0.128. The molecule has 2 heterocycles. The molecule has 3 aromatic rings. The molecule has 0 spiro atoms. The highest BCUT2D eigenvalue weighted by atomic mass is 16.3. The van der Waals surface area contributed by atoms with Gasteiger partial charge >= 0.3 is 0 Å². The fourth-order valence-electron chi connectivity index (χ4n) is 3.23. The van der Waals surface area contributed by atoms with E-state index in [0.717, 1.165) is 18.5 Å². The second-order valence-electron chi connectivity index (χ2n) is 6.49. The largest absolute Gasteiger partial charge is 0.441 e. The minimum absolute atomic E-state index is 0.177. The Morgan fingerprint density at radius 1 is 1.27 bits per heavy atom. The van der Waals surface area contributed by atoms with Gasteiger partial charge in [-0.05, 0) is 42.3 Å². The number of aromatic nitrogens is 1. The van der Waals surface area contributed by atoms with Gasteiger partial charge in [0.05, 0.1) is 0 Å². The molecular formula is C20H19N3O3. The third-order valence-corrected chi connectivity index (χ3v) is 4.49. The van der Waals surface area contributed by atoms with Gasteiger partial charge in [-0.3, -0.25) is 9.59 Å². The monoisotopic (exact) mass is 349 g/mol. The summed E-state index contributed by atoms with van der Waals surface area (Å²) in [4.78, 5) is 30.5. The van der Waals surface area contributed by atoms with E-state index in [0.29, 0.717) is 41.2 Å². The molecule has 0 aliphatic carbocycles. The Balaban J connectivity index is 1.50. The maximum absolute atomic E-state index is 12.6. The van der Waals surface area contributed by atoms with Gasteiger partial charge in [-0.25, -0.2) is 4.98 Å². The second kappa shape index (κ2) is 6.63. The summed E-state index contributed by atoms with van der Waals surface area (Å²) in [5, 5.41) is 2.89. The first-order chi connectivity index (χ1) is 12.6. The number of rotatable bonds is 4. The lowest BCUT2D eigenvalue weighted by Gasteiger charge is -2.16. The zero-order valence-electron chi connectivity index (χ0n) is 14.5.